The number of nitrogens with zero attached hydrogens (tertiary/aromatic N) is 1. The van der Waals surface area contributed by atoms with Crippen molar-refractivity contribution in [1.29, 1.82) is 0 Å². The van der Waals surface area contributed by atoms with Crippen LogP contribution in [0.4, 0.5) is 0 Å². The molecule has 1 aliphatic carbocycles. The predicted octanol–water partition coefficient (Wildman–Crippen LogP) is 2.52. The first-order valence-electron chi connectivity index (χ1n) is 7.87. The standard InChI is InChI=1S/C16H24N2O4S/c1-11-13(12(2)22-18-11)9-23-10-14(19)17-16(15(20)21-3)7-5-4-6-8-16/h4-10H2,1-3H3,(H,17,19). The molecule has 0 aromatic carbocycles. The highest BCUT2D eigenvalue weighted by Gasteiger charge is 2.41. The largest absolute Gasteiger partial charge is 0.467 e. The average molecular weight is 340 g/mol. The molecule has 1 amide bonds. The Morgan fingerprint density at radius 1 is 1.30 bits per heavy atom. The monoisotopic (exact) mass is 340 g/mol. The zero-order valence-corrected chi connectivity index (χ0v) is 14.8. The quantitative estimate of drug-likeness (QED) is 0.801. The number of aromatic nitrogens is 1. The van der Waals surface area contributed by atoms with Gasteiger partial charge in [-0.15, -0.1) is 11.8 Å². The van der Waals surface area contributed by atoms with Gasteiger partial charge in [0.05, 0.1) is 18.6 Å². The van der Waals surface area contributed by atoms with E-state index < -0.39 is 5.54 Å². The van der Waals surface area contributed by atoms with Crippen molar-refractivity contribution < 1.29 is 18.8 Å². The lowest BCUT2D eigenvalue weighted by atomic mass is 9.81. The molecule has 1 aromatic heterocycles. The topological polar surface area (TPSA) is 81.4 Å². The van der Waals surface area contributed by atoms with E-state index in [1.807, 2.05) is 13.8 Å². The number of nitrogens with one attached hydrogen (secondary N) is 1. The molecule has 1 N–H and O–H groups in total. The SMILES string of the molecule is COC(=O)C1(NC(=O)CSCc2c(C)noc2C)CCCCC1. The molecular weight excluding hydrogens is 316 g/mol. The van der Waals surface area contributed by atoms with Crippen LogP contribution in [-0.4, -0.2) is 35.4 Å². The van der Waals surface area contributed by atoms with Crippen LogP contribution in [0.2, 0.25) is 0 Å². The molecular formula is C16H24N2O4S. The third-order valence-electron chi connectivity index (χ3n) is 4.32. The smallest absolute Gasteiger partial charge is 0.331 e. The molecule has 0 unspecified atom stereocenters. The molecule has 7 heteroatoms. The molecule has 1 saturated carbocycles. The van der Waals surface area contributed by atoms with Gasteiger partial charge in [-0.3, -0.25) is 4.79 Å². The summed E-state index contributed by atoms with van der Waals surface area (Å²) in [5, 5.41) is 6.82. The summed E-state index contributed by atoms with van der Waals surface area (Å²) in [6.07, 6.45) is 4.26. The highest BCUT2D eigenvalue weighted by Crippen LogP contribution is 2.29. The van der Waals surface area contributed by atoms with Crippen molar-refractivity contribution in [2.24, 2.45) is 0 Å². The molecule has 0 spiro atoms. The number of carbonyl (C=O) groups is 2. The second-order valence-electron chi connectivity index (χ2n) is 5.98. The minimum absolute atomic E-state index is 0.130. The maximum Gasteiger partial charge on any atom is 0.331 e. The molecule has 0 bridgehead atoms. The van der Waals surface area contributed by atoms with Gasteiger partial charge in [0, 0.05) is 11.3 Å². The average Bonchev–Trinajstić information content (AvgIpc) is 2.86. The fraction of sp³-hybridized carbons (Fsp3) is 0.688. The third kappa shape index (κ3) is 4.28. The number of hydrogen-bond acceptors (Lipinski definition) is 6. The van der Waals surface area contributed by atoms with Crippen molar-refractivity contribution in [3.8, 4) is 0 Å². The van der Waals surface area contributed by atoms with E-state index in [4.69, 9.17) is 9.26 Å². The van der Waals surface area contributed by atoms with Gasteiger partial charge in [-0.25, -0.2) is 4.79 Å². The molecule has 2 rings (SSSR count). The van der Waals surface area contributed by atoms with Crippen LogP contribution in [0.1, 0.15) is 49.1 Å². The lowest BCUT2D eigenvalue weighted by Gasteiger charge is -2.35. The summed E-state index contributed by atoms with van der Waals surface area (Å²) in [5.74, 6) is 1.28. The summed E-state index contributed by atoms with van der Waals surface area (Å²) >= 11 is 1.49. The van der Waals surface area contributed by atoms with Crippen LogP contribution < -0.4 is 5.32 Å². The van der Waals surface area contributed by atoms with E-state index in [2.05, 4.69) is 10.5 Å². The zero-order chi connectivity index (χ0) is 16.9. The second-order valence-corrected chi connectivity index (χ2v) is 6.96. The van der Waals surface area contributed by atoms with Gasteiger partial charge < -0.3 is 14.6 Å². The number of thioether (sulfide) groups is 1. The van der Waals surface area contributed by atoms with Gasteiger partial charge in [0.2, 0.25) is 5.91 Å². The Hall–Kier alpha value is -1.50. The maximum atomic E-state index is 12.3. The number of amides is 1. The predicted molar refractivity (Wildman–Crippen MR) is 88.1 cm³/mol. The van der Waals surface area contributed by atoms with Gasteiger partial charge in [-0.1, -0.05) is 24.4 Å². The van der Waals surface area contributed by atoms with Crippen molar-refractivity contribution in [2.45, 2.75) is 57.2 Å². The summed E-state index contributed by atoms with van der Waals surface area (Å²) in [6, 6.07) is 0. The van der Waals surface area contributed by atoms with Crippen molar-refractivity contribution in [2.75, 3.05) is 12.9 Å². The molecule has 128 valence electrons. The van der Waals surface area contributed by atoms with E-state index in [9.17, 15) is 9.59 Å². The normalized spacial score (nSPS) is 16.8. The molecule has 1 fully saturated rings. The van der Waals surface area contributed by atoms with Crippen molar-refractivity contribution in [3.05, 3.63) is 17.0 Å². The van der Waals surface area contributed by atoms with Crippen LogP contribution in [0.3, 0.4) is 0 Å². The number of aryl methyl sites for hydroxylation is 2. The molecule has 0 aliphatic heterocycles. The molecule has 0 saturated heterocycles. The first kappa shape index (κ1) is 17.8. The number of carbonyl (C=O) groups excluding carboxylic acids is 2. The van der Waals surface area contributed by atoms with E-state index in [0.29, 0.717) is 24.3 Å². The van der Waals surface area contributed by atoms with Crippen LogP contribution in [0.25, 0.3) is 0 Å². The van der Waals surface area contributed by atoms with Gasteiger partial charge in [-0.05, 0) is 26.7 Å². The lowest BCUT2D eigenvalue weighted by Crippen LogP contribution is -2.56. The summed E-state index contributed by atoms with van der Waals surface area (Å²) in [6.45, 7) is 3.75. The molecule has 0 atom stereocenters. The highest BCUT2D eigenvalue weighted by molar-refractivity contribution is 7.99. The summed E-state index contributed by atoms with van der Waals surface area (Å²) in [5.41, 5.74) is 1.05. The number of methoxy groups -OCH3 is 1. The minimum Gasteiger partial charge on any atom is -0.467 e. The van der Waals surface area contributed by atoms with Crippen LogP contribution in [-0.2, 0) is 20.1 Å². The molecule has 1 aromatic rings. The Bertz CT molecular complexity index is 545. The van der Waals surface area contributed by atoms with Gasteiger partial charge in [0.25, 0.3) is 0 Å². The van der Waals surface area contributed by atoms with E-state index in [1.165, 1.54) is 18.9 Å². The van der Waals surface area contributed by atoms with Crippen molar-refractivity contribution in [1.82, 2.24) is 10.5 Å². The summed E-state index contributed by atoms with van der Waals surface area (Å²) in [7, 11) is 1.37. The minimum atomic E-state index is -0.840. The first-order chi connectivity index (χ1) is 11.0. The van der Waals surface area contributed by atoms with E-state index in [1.54, 1.807) is 0 Å². The third-order valence-corrected chi connectivity index (χ3v) is 5.28. The summed E-state index contributed by atoms with van der Waals surface area (Å²) in [4.78, 5) is 24.4. The number of hydrogen-bond donors (Lipinski definition) is 1. The Morgan fingerprint density at radius 2 is 2.00 bits per heavy atom. The van der Waals surface area contributed by atoms with E-state index in [-0.39, 0.29) is 11.9 Å². The van der Waals surface area contributed by atoms with Crippen LogP contribution >= 0.6 is 11.8 Å². The van der Waals surface area contributed by atoms with E-state index in [0.717, 1.165) is 36.3 Å². The molecule has 23 heavy (non-hydrogen) atoms. The van der Waals surface area contributed by atoms with Gasteiger partial charge in [-0.2, -0.15) is 0 Å². The molecule has 6 nitrogen and oxygen atoms in total. The number of rotatable bonds is 6. The van der Waals surface area contributed by atoms with E-state index >= 15 is 0 Å². The second kappa shape index (κ2) is 7.86. The number of esters is 1. The Morgan fingerprint density at radius 3 is 2.57 bits per heavy atom. The molecule has 1 aliphatic rings. The zero-order valence-electron chi connectivity index (χ0n) is 13.9. The Labute approximate surface area is 140 Å². The molecule has 1 heterocycles. The maximum absolute atomic E-state index is 12.3. The number of ether oxygens (including phenoxy) is 1. The molecule has 0 radical (unpaired) electrons. The Balaban J connectivity index is 1.88. The van der Waals surface area contributed by atoms with Crippen LogP contribution in [0.15, 0.2) is 4.52 Å². The van der Waals surface area contributed by atoms with Crippen molar-refractivity contribution in [3.63, 3.8) is 0 Å². The van der Waals surface area contributed by atoms with Crippen LogP contribution in [0.5, 0.6) is 0 Å². The van der Waals surface area contributed by atoms with Gasteiger partial charge in [0.1, 0.15) is 11.3 Å². The summed E-state index contributed by atoms with van der Waals surface area (Å²) < 4.78 is 10.0. The Kier molecular flexibility index (Phi) is 6.10. The highest BCUT2D eigenvalue weighted by atomic mass is 32.2. The van der Waals surface area contributed by atoms with Gasteiger partial charge >= 0.3 is 5.97 Å². The van der Waals surface area contributed by atoms with Crippen LogP contribution in [0, 0.1) is 13.8 Å². The lowest BCUT2D eigenvalue weighted by molar-refractivity contribution is -0.152. The van der Waals surface area contributed by atoms with Crippen molar-refractivity contribution >= 4 is 23.6 Å². The van der Waals surface area contributed by atoms with Gasteiger partial charge in [0.15, 0.2) is 0 Å². The fourth-order valence-electron chi connectivity index (χ4n) is 2.99. The first-order valence-corrected chi connectivity index (χ1v) is 9.03. The fourth-order valence-corrected chi connectivity index (χ4v) is 3.96.